The first kappa shape index (κ1) is 7.56. The van der Waals surface area contributed by atoms with Gasteiger partial charge in [0.25, 0.3) is 0 Å². The van der Waals surface area contributed by atoms with E-state index < -0.39 is 0 Å². The molecule has 0 spiro atoms. The number of hydrogen-bond donors (Lipinski definition) is 2. The van der Waals surface area contributed by atoms with Crippen molar-refractivity contribution < 1.29 is 5.11 Å². The summed E-state index contributed by atoms with van der Waals surface area (Å²) in [6, 6.07) is 0. The summed E-state index contributed by atoms with van der Waals surface area (Å²) in [6.07, 6.45) is 2.30. The van der Waals surface area contributed by atoms with Crippen molar-refractivity contribution in [3.63, 3.8) is 0 Å². The van der Waals surface area contributed by atoms with Crippen LogP contribution in [0.25, 0.3) is 0 Å². The molecule has 2 fully saturated rings. The highest BCUT2D eigenvalue weighted by molar-refractivity contribution is 4.92. The van der Waals surface area contributed by atoms with Gasteiger partial charge >= 0.3 is 0 Å². The highest BCUT2D eigenvalue weighted by Gasteiger charge is 2.40. The molecule has 2 heteroatoms. The van der Waals surface area contributed by atoms with E-state index in [0.29, 0.717) is 5.92 Å². The summed E-state index contributed by atoms with van der Waals surface area (Å²) in [4.78, 5) is 0. The lowest BCUT2D eigenvalue weighted by Crippen LogP contribution is -2.36. The van der Waals surface area contributed by atoms with Crippen LogP contribution in [0, 0.1) is 17.8 Å². The van der Waals surface area contributed by atoms with Crippen molar-refractivity contribution in [3.05, 3.63) is 0 Å². The molecule has 0 amide bonds. The van der Waals surface area contributed by atoms with Crippen molar-refractivity contribution in [2.45, 2.75) is 25.9 Å². The van der Waals surface area contributed by atoms with Crippen molar-refractivity contribution in [2.24, 2.45) is 17.8 Å². The van der Waals surface area contributed by atoms with Crippen molar-refractivity contribution in [3.8, 4) is 0 Å². The summed E-state index contributed by atoms with van der Waals surface area (Å²) >= 11 is 0. The Morgan fingerprint density at radius 3 is 3.00 bits per heavy atom. The molecule has 0 aromatic rings. The van der Waals surface area contributed by atoms with Gasteiger partial charge in [0.15, 0.2) is 0 Å². The molecule has 1 saturated heterocycles. The lowest BCUT2D eigenvalue weighted by Gasteiger charge is -2.28. The van der Waals surface area contributed by atoms with Crippen LogP contribution in [-0.2, 0) is 0 Å². The maximum absolute atomic E-state index is 9.60. The largest absolute Gasteiger partial charge is 0.393 e. The number of rotatable bonds is 0. The minimum Gasteiger partial charge on any atom is -0.393 e. The smallest absolute Gasteiger partial charge is 0.0571 e. The van der Waals surface area contributed by atoms with Crippen LogP contribution < -0.4 is 5.32 Å². The molecule has 0 aromatic carbocycles. The normalized spacial score (nSPS) is 50.7. The van der Waals surface area contributed by atoms with Crippen LogP contribution >= 0.6 is 0 Å². The quantitative estimate of drug-likeness (QED) is 0.537. The molecule has 1 heterocycles. The molecular weight excluding hydrogens is 138 g/mol. The van der Waals surface area contributed by atoms with Crippen LogP contribution in [0.2, 0.25) is 0 Å². The van der Waals surface area contributed by atoms with Gasteiger partial charge in [0.1, 0.15) is 0 Å². The first-order chi connectivity index (χ1) is 5.29. The third-order valence-corrected chi connectivity index (χ3v) is 3.50. The number of aliphatic hydroxyl groups excluding tert-OH is 1. The summed E-state index contributed by atoms with van der Waals surface area (Å²) < 4.78 is 0. The zero-order valence-electron chi connectivity index (χ0n) is 7.09. The predicted molar refractivity (Wildman–Crippen MR) is 44.3 cm³/mol. The first-order valence-corrected chi connectivity index (χ1v) is 4.68. The molecule has 0 radical (unpaired) electrons. The highest BCUT2D eigenvalue weighted by Crippen LogP contribution is 2.39. The van der Waals surface area contributed by atoms with Crippen LogP contribution in [-0.4, -0.2) is 24.3 Å². The minimum atomic E-state index is -0.0232. The fourth-order valence-corrected chi connectivity index (χ4v) is 2.65. The van der Waals surface area contributed by atoms with Crippen LogP contribution in [0.1, 0.15) is 19.8 Å². The molecule has 1 aliphatic carbocycles. The van der Waals surface area contributed by atoms with Gasteiger partial charge in [-0.05, 0) is 43.7 Å². The monoisotopic (exact) mass is 155 g/mol. The molecule has 0 aromatic heterocycles. The van der Waals surface area contributed by atoms with Gasteiger partial charge < -0.3 is 10.4 Å². The second kappa shape index (κ2) is 2.76. The van der Waals surface area contributed by atoms with Crippen LogP contribution in [0.4, 0.5) is 0 Å². The number of piperidine rings is 1. The molecule has 0 bridgehead atoms. The SMILES string of the molecule is C[C@H]1[C@H]2CNCC[C@H]2C[C@H]1O. The Balaban J connectivity index is 2.05. The van der Waals surface area contributed by atoms with Crippen molar-refractivity contribution in [1.82, 2.24) is 5.32 Å². The van der Waals surface area contributed by atoms with Crippen molar-refractivity contribution in [2.75, 3.05) is 13.1 Å². The first-order valence-electron chi connectivity index (χ1n) is 4.68. The average molecular weight is 155 g/mol. The lowest BCUT2D eigenvalue weighted by molar-refractivity contribution is 0.127. The fourth-order valence-electron chi connectivity index (χ4n) is 2.65. The van der Waals surface area contributed by atoms with Gasteiger partial charge in [-0.2, -0.15) is 0 Å². The third-order valence-electron chi connectivity index (χ3n) is 3.50. The van der Waals surface area contributed by atoms with Gasteiger partial charge in [0.2, 0.25) is 0 Å². The van der Waals surface area contributed by atoms with E-state index in [4.69, 9.17) is 0 Å². The van der Waals surface area contributed by atoms with Crippen LogP contribution in [0.3, 0.4) is 0 Å². The van der Waals surface area contributed by atoms with E-state index in [0.717, 1.165) is 31.3 Å². The molecule has 4 atom stereocenters. The standard InChI is InChI=1S/C9H17NO/c1-6-8-5-10-3-2-7(8)4-9(6)11/h6-11H,2-5H2,1H3/t6-,7-,8+,9+/m0/s1. The molecule has 2 aliphatic rings. The summed E-state index contributed by atoms with van der Waals surface area (Å²) in [5, 5.41) is 13.0. The number of nitrogens with one attached hydrogen (secondary N) is 1. The van der Waals surface area contributed by atoms with E-state index in [1.807, 2.05) is 0 Å². The Labute approximate surface area is 68.0 Å². The van der Waals surface area contributed by atoms with Gasteiger partial charge in [-0.25, -0.2) is 0 Å². The van der Waals surface area contributed by atoms with Gasteiger partial charge in [-0.1, -0.05) is 6.92 Å². The average Bonchev–Trinajstić information content (AvgIpc) is 2.30. The summed E-state index contributed by atoms with van der Waals surface area (Å²) in [7, 11) is 0. The van der Waals surface area contributed by atoms with E-state index in [-0.39, 0.29) is 6.10 Å². The van der Waals surface area contributed by atoms with Crippen LogP contribution in [0.5, 0.6) is 0 Å². The third kappa shape index (κ3) is 1.18. The van der Waals surface area contributed by atoms with Crippen molar-refractivity contribution in [1.29, 1.82) is 0 Å². The Morgan fingerprint density at radius 1 is 1.45 bits per heavy atom. The molecule has 11 heavy (non-hydrogen) atoms. The van der Waals surface area contributed by atoms with E-state index in [2.05, 4.69) is 12.2 Å². The maximum Gasteiger partial charge on any atom is 0.0571 e. The molecule has 1 saturated carbocycles. The zero-order valence-corrected chi connectivity index (χ0v) is 7.09. The van der Waals surface area contributed by atoms with Gasteiger partial charge in [-0.3, -0.25) is 0 Å². The topological polar surface area (TPSA) is 32.3 Å². The molecule has 64 valence electrons. The minimum absolute atomic E-state index is 0.0232. The summed E-state index contributed by atoms with van der Waals surface area (Å²) in [6.45, 7) is 4.46. The zero-order chi connectivity index (χ0) is 7.84. The van der Waals surface area contributed by atoms with E-state index in [1.54, 1.807) is 0 Å². The van der Waals surface area contributed by atoms with Gasteiger partial charge in [0, 0.05) is 0 Å². The second-order valence-corrected chi connectivity index (χ2v) is 4.08. The number of hydrogen-bond acceptors (Lipinski definition) is 2. The van der Waals surface area contributed by atoms with Crippen molar-refractivity contribution >= 4 is 0 Å². The Hall–Kier alpha value is -0.0800. The molecular formula is C9H17NO. The maximum atomic E-state index is 9.60. The molecule has 2 rings (SSSR count). The molecule has 0 unspecified atom stereocenters. The highest BCUT2D eigenvalue weighted by atomic mass is 16.3. The Morgan fingerprint density at radius 2 is 2.27 bits per heavy atom. The molecule has 1 aliphatic heterocycles. The number of aliphatic hydroxyl groups is 1. The summed E-state index contributed by atoms with van der Waals surface area (Å²) in [5.74, 6) is 2.08. The second-order valence-electron chi connectivity index (χ2n) is 4.08. The van der Waals surface area contributed by atoms with Gasteiger partial charge in [0.05, 0.1) is 6.10 Å². The van der Waals surface area contributed by atoms with E-state index in [9.17, 15) is 5.11 Å². The lowest BCUT2D eigenvalue weighted by atomic mass is 9.86. The van der Waals surface area contributed by atoms with E-state index >= 15 is 0 Å². The Bertz CT molecular complexity index is 148. The molecule has 2 N–H and O–H groups in total. The fraction of sp³-hybridized carbons (Fsp3) is 1.00. The summed E-state index contributed by atoms with van der Waals surface area (Å²) in [5.41, 5.74) is 0. The predicted octanol–water partition coefficient (Wildman–Crippen LogP) is 0.613. The van der Waals surface area contributed by atoms with E-state index in [1.165, 1.54) is 6.42 Å². The number of fused-ring (bicyclic) bond motifs is 1. The Kier molecular flexibility index (Phi) is 1.90. The van der Waals surface area contributed by atoms with Crippen LogP contribution in [0.15, 0.2) is 0 Å². The van der Waals surface area contributed by atoms with Gasteiger partial charge in [-0.15, -0.1) is 0 Å². The molecule has 2 nitrogen and oxygen atoms in total.